The summed E-state index contributed by atoms with van der Waals surface area (Å²) in [5.74, 6) is -0.0264. The van der Waals surface area contributed by atoms with Crippen molar-refractivity contribution in [3.63, 3.8) is 0 Å². The SMILES string of the molecule is CCN(Cc1cnn(C)c1)C(=O)[C@H]1C[C@H](F)CN1. The minimum Gasteiger partial charge on any atom is -0.337 e. The summed E-state index contributed by atoms with van der Waals surface area (Å²) in [6, 6.07) is -0.378. The molecular formula is C12H19FN4O. The maximum absolute atomic E-state index is 13.1. The number of likely N-dealkylation sites (N-methyl/N-ethyl adjacent to an activating group) is 1. The maximum atomic E-state index is 13.1. The van der Waals surface area contributed by atoms with Crippen LogP contribution < -0.4 is 5.32 Å². The van der Waals surface area contributed by atoms with Crippen molar-refractivity contribution in [1.29, 1.82) is 0 Å². The smallest absolute Gasteiger partial charge is 0.240 e. The molecule has 2 rings (SSSR count). The first-order valence-corrected chi connectivity index (χ1v) is 6.24. The molecule has 0 saturated carbocycles. The van der Waals surface area contributed by atoms with E-state index in [0.717, 1.165) is 5.56 Å². The Kier molecular flexibility index (Phi) is 3.96. The topological polar surface area (TPSA) is 50.2 Å². The minimum absolute atomic E-state index is 0.0264. The number of nitrogens with one attached hydrogen (secondary N) is 1. The van der Waals surface area contributed by atoms with Crippen molar-refractivity contribution in [1.82, 2.24) is 20.0 Å². The molecule has 1 aliphatic rings. The van der Waals surface area contributed by atoms with Crippen LogP contribution in [0.15, 0.2) is 12.4 Å². The van der Waals surface area contributed by atoms with Crippen molar-refractivity contribution in [2.75, 3.05) is 13.1 Å². The van der Waals surface area contributed by atoms with Crippen LogP contribution in [0, 0.1) is 0 Å². The zero-order chi connectivity index (χ0) is 13.1. The van der Waals surface area contributed by atoms with Crippen LogP contribution in [0.4, 0.5) is 4.39 Å². The Morgan fingerprint density at radius 1 is 1.72 bits per heavy atom. The average molecular weight is 254 g/mol. The van der Waals surface area contributed by atoms with E-state index in [4.69, 9.17) is 0 Å². The molecule has 18 heavy (non-hydrogen) atoms. The predicted octanol–water partition coefficient (Wildman–Crippen LogP) is 0.469. The quantitative estimate of drug-likeness (QED) is 0.849. The number of rotatable bonds is 4. The first-order valence-electron chi connectivity index (χ1n) is 6.24. The fourth-order valence-corrected chi connectivity index (χ4v) is 2.22. The molecule has 1 aliphatic heterocycles. The summed E-state index contributed by atoms with van der Waals surface area (Å²) in [5, 5.41) is 7.00. The standard InChI is InChI=1S/C12H19FN4O/c1-3-17(8-9-5-15-16(2)7-9)12(18)11-4-10(13)6-14-11/h5,7,10-11,14H,3-4,6,8H2,1-2H3/t10-,11+/m0/s1. The maximum Gasteiger partial charge on any atom is 0.240 e. The molecule has 0 aliphatic carbocycles. The Morgan fingerprint density at radius 3 is 3.00 bits per heavy atom. The van der Waals surface area contributed by atoms with Crippen molar-refractivity contribution in [2.24, 2.45) is 7.05 Å². The molecule has 2 heterocycles. The molecule has 1 saturated heterocycles. The van der Waals surface area contributed by atoms with Crippen LogP contribution >= 0.6 is 0 Å². The third-order valence-electron chi connectivity index (χ3n) is 3.20. The molecule has 0 aromatic carbocycles. The lowest BCUT2D eigenvalue weighted by Gasteiger charge is -2.23. The Balaban J connectivity index is 1.97. The third kappa shape index (κ3) is 2.87. The molecule has 0 unspecified atom stereocenters. The summed E-state index contributed by atoms with van der Waals surface area (Å²) < 4.78 is 14.8. The molecule has 1 N–H and O–H groups in total. The number of carbonyl (C=O) groups excluding carboxylic acids is 1. The number of nitrogens with zero attached hydrogens (tertiary/aromatic N) is 3. The molecule has 1 fully saturated rings. The van der Waals surface area contributed by atoms with Gasteiger partial charge in [0.2, 0.25) is 5.91 Å². The lowest BCUT2D eigenvalue weighted by molar-refractivity contribution is -0.133. The molecule has 1 amide bonds. The number of alkyl halides is 1. The van der Waals surface area contributed by atoms with Crippen LogP contribution in [-0.2, 0) is 18.4 Å². The number of halogens is 1. The highest BCUT2D eigenvalue weighted by Crippen LogP contribution is 2.14. The molecular weight excluding hydrogens is 235 g/mol. The molecule has 5 nitrogen and oxygen atoms in total. The second-order valence-corrected chi connectivity index (χ2v) is 4.67. The van der Waals surface area contributed by atoms with Gasteiger partial charge in [-0.2, -0.15) is 5.10 Å². The molecule has 0 radical (unpaired) electrons. The number of hydrogen-bond acceptors (Lipinski definition) is 3. The molecule has 100 valence electrons. The summed E-state index contributed by atoms with van der Waals surface area (Å²) in [6.45, 7) is 3.35. The second kappa shape index (κ2) is 5.48. The van der Waals surface area contributed by atoms with Gasteiger partial charge in [0, 0.05) is 44.9 Å². The van der Waals surface area contributed by atoms with Gasteiger partial charge in [0.05, 0.1) is 12.2 Å². The fourth-order valence-electron chi connectivity index (χ4n) is 2.22. The van der Waals surface area contributed by atoms with Gasteiger partial charge in [-0.15, -0.1) is 0 Å². The summed E-state index contributed by atoms with van der Waals surface area (Å²) in [6.07, 6.45) is 3.00. The molecule has 6 heteroatoms. The Hall–Kier alpha value is -1.43. The van der Waals surface area contributed by atoms with Crippen LogP contribution in [-0.4, -0.2) is 45.9 Å². The third-order valence-corrected chi connectivity index (χ3v) is 3.20. The lowest BCUT2D eigenvalue weighted by Crippen LogP contribution is -2.43. The molecule has 1 aromatic heterocycles. The van der Waals surface area contributed by atoms with Crippen LogP contribution in [0.2, 0.25) is 0 Å². The zero-order valence-corrected chi connectivity index (χ0v) is 10.8. The number of amides is 1. The van der Waals surface area contributed by atoms with E-state index in [1.165, 1.54) is 0 Å². The normalized spacial score (nSPS) is 23.3. The van der Waals surface area contributed by atoms with Gasteiger partial charge >= 0.3 is 0 Å². The molecule has 0 spiro atoms. The number of aromatic nitrogens is 2. The molecule has 1 aromatic rings. The van der Waals surface area contributed by atoms with Crippen molar-refractivity contribution in [3.8, 4) is 0 Å². The highest BCUT2D eigenvalue weighted by atomic mass is 19.1. The largest absolute Gasteiger partial charge is 0.337 e. The van der Waals surface area contributed by atoms with Crippen molar-refractivity contribution in [3.05, 3.63) is 18.0 Å². The van der Waals surface area contributed by atoms with E-state index in [2.05, 4.69) is 10.4 Å². The number of aryl methyl sites for hydroxylation is 1. The van der Waals surface area contributed by atoms with Gasteiger partial charge in [0.25, 0.3) is 0 Å². The van der Waals surface area contributed by atoms with Gasteiger partial charge in [-0.05, 0) is 6.92 Å². The summed E-state index contributed by atoms with van der Waals surface area (Å²) in [7, 11) is 1.84. The number of hydrogen-bond donors (Lipinski definition) is 1. The first-order chi connectivity index (χ1) is 8.60. The molecule has 2 atom stereocenters. The van der Waals surface area contributed by atoms with E-state index in [1.807, 2.05) is 20.2 Å². The van der Waals surface area contributed by atoms with E-state index in [-0.39, 0.29) is 24.9 Å². The van der Waals surface area contributed by atoms with Crippen molar-refractivity contribution >= 4 is 5.91 Å². The van der Waals surface area contributed by atoms with Gasteiger partial charge < -0.3 is 10.2 Å². The van der Waals surface area contributed by atoms with Crippen LogP contribution in [0.3, 0.4) is 0 Å². The van der Waals surface area contributed by atoms with Gasteiger partial charge in [-0.3, -0.25) is 9.48 Å². The minimum atomic E-state index is -0.906. The predicted molar refractivity (Wildman–Crippen MR) is 65.6 cm³/mol. The Labute approximate surface area is 106 Å². The van der Waals surface area contributed by atoms with Gasteiger partial charge in [0.15, 0.2) is 0 Å². The zero-order valence-electron chi connectivity index (χ0n) is 10.8. The summed E-state index contributed by atoms with van der Waals surface area (Å²) in [5.41, 5.74) is 0.988. The second-order valence-electron chi connectivity index (χ2n) is 4.67. The van der Waals surface area contributed by atoms with Crippen molar-refractivity contribution in [2.45, 2.75) is 32.1 Å². The van der Waals surface area contributed by atoms with Gasteiger partial charge in [0.1, 0.15) is 6.17 Å². The summed E-state index contributed by atoms with van der Waals surface area (Å²) in [4.78, 5) is 13.9. The average Bonchev–Trinajstić information content (AvgIpc) is 2.94. The lowest BCUT2D eigenvalue weighted by atomic mass is 10.2. The monoisotopic (exact) mass is 254 g/mol. The van der Waals surface area contributed by atoms with E-state index in [1.54, 1.807) is 15.8 Å². The fraction of sp³-hybridized carbons (Fsp3) is 0.667. The highest BCUT2D eigenvalue weighted by Gasteiger charge is 2.31. The Morgan fingerprint density at radius 2 is 2.50 bits per heavy atom. The molecule has 0 bridgehead atoms. The first kappa shape index (κ1) is 13.0. The van der Waals surface area contributed by atoms with Gasteiger partial charge in [-0.25, -0.2) is 4.39 Å². The van der Waals surface area contributed by atoms with E-state index in [0.29, 0.717) is 13.1 Å². The summed E-state index contributed by atoms with van der Waals surface area (Å²) >= 11 is 0. The van der Waals surface area contributed by atoms with E-state index >= 15 is 0 Å². The van der Waals surface area contributed by atoms with Crippen LogP contribution in [0.25, 0.3) is 0 Å². The number of carbonyl (C=O) groups is 1. The van der Waals surface area contributed by atoms with E-state index < -0.39 is 6.17 Å². The van der Waals surface area contributed by atoms with Crippen molar-refractivity contribution < 1.29 is 9.18 Å². The van der Waals surface area contributed by atoms with Crippen LogP contribution in [0.1, 0.15) is 18.9 Å². The Bertz CT molecular complexity index is 420. The van der Waals surface area contributed by atoms with Crippen LogP contribution in [0.5, 0.6) is 0 Å². The highest BCUT2D eigenvalue weighted by molar-refractivity contribution is 5.82. The van der Waals surface area contributed by atoms with Gasteiger partial charge in [-0.1, -0.05) is 0 Å². The van der Waals surface area contributed by atoms with E-state index in [9.17, 15) is 9.18 Å².